The third-order valence-electron chi connectivity index (χ3n) is 3.24. The quantitative estimate of drug-likeness (QED) is 0.892. The Bertz CT molecular complexity index is 707. The molecule has 0 amide bonds. The van der Waals surface area contributed by atoms with Crippen molar-refractivity contribution < 1.29 is 13.5 Å². The fourth-order valence-electron chi connectivity index (χ4n) is 2.07. The van der Waals surface area contributed by atoms with Crippen molar-refractivity contribution >= 4 is 15.7 Å². The van der Waals surface area contributed by atoms with E-state index in [1.165, 1.54) is 12.1 Å². The van der Waals surface area contributed by atoms with Crippen LogP contribution in [0.2, 0.25) is 0 Å². The second-order valence-corrected chi connectivity index (χ2v) is 6.83. The van der Waals surface area contributed by atoms with Gasteiger partial charge in [0.15, 0.2) is 0 Å². The van der Waals surface area contributed by atoms with Crippen LogP contribution in [0.25, 0.3) is 0 Å². The summed E-state index contributed by atoms with van der Waals surface area (Å²) in [5, 5.41) is 9.00. The van der Waals surface area contributed by atoms with E-state index in [0.717, 1.165) is 5.56 Å². The van der Waals surface area contributed by atoms with E-state index in [1.807, 2.05) is 26.0 Å². The van der Waals surface area contributed by atoms with Crippen LogP contribution in [0.5, 0.6) is 0 Å². The van der Waals surface area contributed by atoms with E-state index in [-0.39, 0.29) is 17.4 Å². The van der Waals surface area contributed by atoms with Crippen LogP contribution in [0.4, 0.5) is 5.69 Å². The van der Waals surface area contributed by atoms with Gasteiger partial charge in [0.25, 0.3) is 10.0 Å². The van der Waals surface area contributed by atoms with E-state index in [4.69, 9.17) is 5.11 Å². The third kappa shape index (κ3) is 3.62. The van der Waals surface area contributed by atoms with Crippen LogP contribution >= 0.6 is 0 Å². The molecule has 0 aliphatic heterocycles. The lowest BCUT2D eigenvalue weighted by molar-refractivity contribution is 0.282. The average molecular weight is 305 g/mol. The van der Waals surface area contributed by atoms with Crippen molar-refractivity contribution in [1.29, 1.82) is 0 Å². The Kier molecular flexibility index (Phi) is 4.65. The number of hydrogen-bond acceptors (Lipinski definition) is 3. The highest BCUT2D eigenvalue weighted by atomic mass is 32.2. The lowest BCUT2D eigenvalue weighted by Crippen LogP contribution is -2.14. The second-order valence-electron chi connectivity index (χ2n) is 5.15. The molecule has 0 fully saturated rings. The monoisotopic (exact) mass is 305 g/mol. The van der Waals surface area contributed by atoms with E-state index in [9.17, 15) is 8.42 Å². The molecule has 0 radical (unpaired) electrons. The average Bonchev–Trinajstić information content (AvgIpc) is 2.47. The first-order chi connectivity index (χ1) is 9.94. The number of rotatable bonds is 5. The van der Waals surface area contributed by atoms with Crippen molar-refractivity contribution in [2.45, 2.75) is 31.3 Å². The fourth-order valence-corrected chi connectivity index (χ4v) is 3.16. The molecule has 0 atom stereocenters. The van der Waals surface area contributed by atoms with E-state index < -0.39 is 10.0 Å². The molecule has 0 spiro atoms. The number of sulfonamides is 1. The van der Waals surface area contributed by atoms with Gasteiger partial charge < -0.3 is 5.11 Å². The van der Waals surface area contributed by atoms with Gasteiger partial charge in [0.2, 0.25) is 0 Å². The van der Waals surface area contributed by atoms with Crippen LogP contribution in [-0.4, -0.2) is 13.5 Å². The summed E-state index contributed by atoms with van der Waals surface area (Å²) in [6, 6.07) is 13.6. The van der Waals surface area contributed by atoms with Crippen LogP contribution < -0.4 is 4.72 Å². The van der Waals surface area contributed by atoms with Crippen LogP contribution in [0.3, 0.4) is 0 Å². The molecular weight excluding hydrogens is 286 g/mol. The van der Waals surface area contributed by atoms with Gasteiger partial charge in [-0.3, -0.25) is 4.72 Å². The summed E-state index contributed by atoms with van der Waals surface area (Å²) in [6.45, 7) is 3.93. The normalized spacial score (nSPS) is 11.6. The summed E-state index contributed by atoms with van der Waals surface area (Å²) >= 11 is 0. The highest BCUT2D eigenvalue weighted by Gasteiger charge is 2.16. The Labute approximate surface area is 125 Å². The Hall–Kier alpha value is -1.85. The number of anilines is 1. The maximum atomic E-state index is 12.4. The van der Waals surface area contributed by atoms with Gasteiger partial charge in [0.1, 0.15) is 0 Å². The van der Waals surface area contributed by atoms with Crippen molar-refractivity contribution in [3.05, 3.63) is 59.7 Å². The second kappa shape index (κ2) is 6.28. The van der Waals surface area contributed by atoms with Gasteiger partial charge in [-0.15, -0.1) is 0 Å². The van der Waals surface area contributed by atoms with Gasteiger partial charge >= 0.3 is 0 Å². The highest BCUT2D eigenvalue weighted by Crippen LogP contribution is 2.26. The zero-order chi connectivity index (χ0) is 15.5. The van der Waals surface area contributed by atoms with Gasteiger partial charge in [-0.05, 0) is 35.2 Å². The van der Waals surface area contributed by atoms with Crippen molar-refractivity contribution in [1.82, 2.24) is 0 Å². The molecule has 0 aliphatic carbocycles. The molecule has 112 valence electrons. The fraction of sp³-hybridized carbons (Fsp3) is 0.250. The number of aliphatic hydroxyl groups excluding tert-OH is 1. The molecule has 0 aliphatic rings. The first kappa shape index (κ1) is 15.5. The maximum absolute atomic E-state index is 12.4. The van der Waals surface area contributed by atoms with Crippen LogP contribution in [0.1, 0.15) is 30.9 Å². The Morgan fingerprint density at radius 1 is 1.05 bits per heavy atom. The highest BCUT2D eigenvalue weighted by molar-refractivity contribution is 7.92. The maximum Gasteiger partial charge on any atom is 0.261 e. The Balaban J connectivity index is 2.33. The lowest BCUT2D eigenvalue weighted by Gasteiger charge is -2.15. The van der Waals surface area contributed by atoms with Gasteiger partial charge in [0, 0.05) is 0 Å². The Morgan fingerprint density at radius 2 is 1.67 bits per heavy atom. The number of nitrogens with one attached hydrogen (secondary N) is 1. The first-order valence-electron chi connectivity index (χ1n) is 6.75. The van der Waals surface area contributed by atoms with Crippen LogP contribution in [-0.2, 0) is 16.6 Å². The van der Waals surface area contributed by atoms with Gasteiger partial charge in [0.05, 0.1) is 17.2 Å². The molecule has 2 rings (SSSR count). The van der Waals surface area contributed by atoms with Crippen molar-refractivity contribution in [2.24, 2.45) is 0 Å². The molecule has 2 aromatic carbocycles. The number of hydrogen-bond donors (Lipinski definition) is 2. The minimum atomic E-state index is -3.63. The molecule has 2 aromatic rings. The largest absolute Gasteiger partial charge is 0.392 e. The predicted molar refractivity (Wildman–Crippen MR) is 83.7 cm³/mol. The van der Waals surface area contributed by atoms with E-state index in [1.54, 1.807) is 24.3 Å². The molecule has 4 nitrogen and oxygen atoms in total. The van der Waals surface area contributed by atoms with Crippen molar-refractivity contribution in [3.63, 3.8) is 0 Å². The predicted octanol–water partition coefficient (Wildman–Crippen LogP) is 3.10. The van der Waals surface area contributed by atoms with Gasteiger partial charge in [-0.1, -0.05) is 44.2 Å². The molecule has 0 saturated heterocycles. The summed E-state index contributed by atoms with van der Waals surface area (Å²) in [7, 11) is -3.63. The number of aliphatic hydroxyl groups is 1. The Morgan fingerprint density at radius 3 is 2.24 bits per heavy atom. The van der Waals surface area contributed by atoms with Gasteiger partial charge in [-0.2, -0.15) is 0 Å². The van der Waals surface area contributed by atoms with E-state index >= 15 is 0 Å². The summed E-state index contributed by atoms with van der Waals surface area (Å²) in [6.07, 6.45) is 0. The molecular formula is C16H19NO3S. The smallest absolute Gasteiger partial charge is 0.261 e. The standard InChI is InChI=1S/C16H19NO3S/c1-12(2)15-5-3-4-6-16(15)17-21(19,20)14-9-7-13(11-18)8-10-14/h3-10,12,17-18H,11H2,1-2H3. The molecule has 0 unspecified atom stereocenters. The summed E-state index contributed by atoms with van der Waals surface area (Å²) in [4.78, 5) is 0.179. The molecule has 21 heavy (non-hydrogen) atoms. The van der Waals surface area contributed by atoms with Crippen molar-refractivity contribution in [3.8, 4) is 0 Å². The minimum Gasteiger partial charge on any atom is -0.392 e. The van der Waals surface area contributed by atoms with E-state index in [0.29, 0.717) is 11.3 Å². The van der Waals surface area contributed by atoms with Crippen LogP contribution in [0.15, 0.2) is 53.4 Å². The van der Waals surface area contributed by atoms with Crippen molar-refractivity contribution in [2.75, 3.05) is 4.72 Å². The zero-order valence-corrected chi connectivity index (χ0v) is 12.9. The third-order valence-corrected chi connectivity index (χ3v) is 4.62. The lowest BCUT2D eigenvalue weighted by atomic mass is 10.0. The molecule has 0 heterocycles. The molecule has 0 saturated carbocycles. The molecule has 0 aromatic heterocycles. The van der Waals surface area contributed by atoms with Crippen LogP contribution in [0, 0.1) is 0 Å². The summed E-state index contributed by atoms with van der Waals surface area (Å²) in [5.74, 6) is 0.223. The SMILES string of the molecule is CC(C)c1ccccc1NS(=O)(=O)c1ccc(CO)cc1. The topological polar surface area (TPSA) is 66.4 Å². The molecule has 0 bridgehead atoms. The zero-order valence-electron chi connectivity index (χ0n) is 12.1. The molecule has 5 heteroatoms. The van der Waals surface area contributed by atoms with Gasteiger partial charge in [-0.25, -0.2) is 8.42 Å². The molecule has 2 N–H and O–H groups in total. The summed E-state index contributed by atoms with van der Waals surface area (Å²) in [5.41, 5.74) is 2.23. The summed E-state index contributed by atoms with van der Waals surface area (Å²) < 4.78 is 27.4. The number of benzene rings is 2. The first-order valence-corrected chi connectivity index (χ1v) is 8.24. The number of para-hydroxylation sites is 1. The van der Waals surface area contributed by atoms with E-state index in [2.05, 4.69) is 4.72 Å². The minimum absolute atomic E-state index is 0.107.